The van der Waals surface area contributed by atoms with Crippen LogP contribution in [-0.2, 0) is 9.47 Å². The van der Waals surface area contributed by atoms with Crippen molar-refractivity contribution in [2.75, 3.05) is 19.8 Å². The Bertz CT molecular complexity index is 651. The van der Waals surface area contributed by atoms with Crippen molar-refractivity contribution in [1.29, 1.82) is 0 Å². The second kappa shape index (κ2) is 7.31. The third-order valence-corrected chi connectivity index (χ3v) is 3.31. The first kappa shape index (κ1) is 18.4. The van der Waals surface area contributed by atoms with E-state index in [0.717, 1.165) is 18.2 Å². The van der Waals surface area contributed by atoms with Gasteiger partial charge in [-0.25, -0.2) is 17.6 Å². The van der Waals surface area contributed by atoms with Crippen LogP contribution in [0.4, 0.5) is 22.0 Å². The summed E-state index contributed by atoms with van der Waals surface area (Å²) in [6.07, 6.45) is -0.939. The number of alkyl halides is 1. The molecule has 1 aromatic rings. The van der Waals surface area contributed by atoms with Crippen molar-refractivity contribution in [2.24, 2.45) is 0 Å². The maximum Gasteiger partial charge on any atom is 0.214 e. The van der Waals surface area contributed by atoms with Crippen molar-refractivity contribution in [1.82, 2.24) is 0 Å². The third-order valence-electron chi connectivity index (χ3n) is 3.31. The number of rotatable bonds is 5. The van der Waals surface area contributed by atoms with Gasteiger partial charge in [-0.2, -0.15) is 4.39 Å². The zero-order valence-electron chi connectivity index (χ0n) is 12.8. The highest BCUT2D eigenvalue weighted by Crippen LogP contribution is 2.33. The van der Waals surface area contributed by atoms with Gasteiger partial charge in [-0.1, -0.05) is 12.7 Å². The smallest absolute Gasteiger partial charge is 0.214 e. The van der Waals surface area contributed by atoms with Crippen molar-refractivity contribution >= 4 is 5.83 Å². The fourth-order valence-corrected chi connectivity index (χ4v) is 1.98. The van der Waals surface area contributed by atoms with Crippen LogP contribution in [0.1, 0.15) is 12.5 Å². The molecule has 8 heteroatoms. The Morgan fingerprint density at radius 3 is 2.46 bits per heavy atom. The van der Waals surface area contributed by atoms with E-state index in [9.17, 15) is 22.0 Å². The molecule has 0 aliphatic carbocycles. The Kier molecular flexibility index (Phi) is 5.61. The highest BCUT2D eigenvalue weighted by atomic mass is 19.2. The Hall–Kier alpha value is -1.93. The molecule has 1 aliphatic heterocycles. The van der Waals surface area contributed by atoms with Crippen LogP contribution in [0.15, 0.2) is 30.6 Å². The van der Waals surface area contributed by atoms with E-state index in [4.69, 9.17) is 14.2 Å². The summed E-state index contributed by atoms with van der Waals surface area (Å²) in [6, 6.07) is 1.79. The Morgan fingerprint density at radius 2 is 1.92 bits per heavy atom. The first-order chi connectivity index (χ1) is 11.3. The van der Waals surface area contributed by atoms with E-state index in [-0.39, 0.29) is 6.61 Å². The summed E-state index contributed by atoms with van der Waals surface area (Å²) < 4.78 is 83.9. The molecule has 0 aromatic heterocycles. The lowest BCUT2D eigenvalue weighted by Gasteiger charge is -2.31. The van der Waals surface area contributed by atoms with Gasteiger partial charge in [0.25, 0.3) is 0 Å². The Morgan fingerprint density at radius 1 is 1.29 bits per heavy atom. The average molecular weight is 350 g/mol. The minimum absolute atomic E-state index is 0.0699. The monoisotopic (exact) mass is 350 g/mol. The molecule has 1 aromatic carbocycles. The largest absolute Gasteiger partial charge is 0.491 e. The van der Waals surface area contributed by atoms with Crippen LogP contribution in [0.2, 0.25) is 0 Å². The van der Waals surface area contributed by atoms with Gasteiger partial charge in [0.1, 0.15) is 0 Å². The molecular formula is C16H15F5O3. The molecule has 24 heavy (non-hydrogen) atoms. The summed E-state index contributed by atoms with van der Waals surface area (Å²) >= 11 is 0. The van der Waals surface area contributed by atoms with E-state index in [1.807, 2.05) is 0 Å². The molecule has 1 saturated heterocycles. The topological polar surface area (TPSA) is 27.7 Å². The Balaban J connectivity index is 2.27. The fraction of sp³-hybridized carbons (Fsp3) is 0.375. The lowest BCUT2D eigenvalue weighted by Crippen LogP contribution is -2.42. The number of halogens is 5. The minimum Gasteiger partial charge on any atom is -0.491 e. The SMILES string of the molecule is C=CC1(F)COC(C(F)=C(F)c2ccc(OCC)c(F)c2F)OC1. The molecule has 2 rings (SSSR count). The van der Waals surface area contributed by atoms with Gasteiger partial charge >= 0.3 is 0 Å². The Labute approximate surface area is 135 Å². The van der Waals surface area contributed by atoms with Crippen molar-refractivity contribution in [3.05, 3.63) is 47.8 Å². The molecule has 0 bridgehead atoms. The molecule has 132 valence electrons. The molecule has 1 aliphatic rings. The van der Waals surface area contributed by atoms with Gasteiger partial charge in [-0.05, 0) is 19.1 Å². The molecule has 0 unspecified atom stereocenters. The summed E-state index contributed by atoms with van der Waals surface area (Å²) in [5.41, 5.74) is -2.98. The fourth-order valence-electron chi connectivity index (χ4n) is 1.98. The number of hydrogen-bond acceptors (Lipinski definition) is 3. The molecule has 0 amide bonds. The quantitative estimate of drug-likeness (QED) is 0.587. The second-order valence-corrected chi connectivity index (χ2v) is 5.03. The van der Waals surface area contributed by atoms with Crippen molar-refractivity contribution in [3.8, 4) is 5.75 Å². The van der Waals surface area contributed by atoms with Crippen LogP contribution in [0, 0.1) is 11.6 Å². The van der Waals surface area contributed by atoms with Gasteiger partial charge in [0.05, 0.1) is 25.4 Å². The van der Waals surface area contributed by atoms with Crippen LogP contribution < -0.4 is 4.74 Å². The van der Waals surface area contributed by atoms with E-state index in [1.165, 1.54) is 0 Å². The summed E-state index contributed by atoms with van der Waals surface area (Å²) in [4.78, 5) is 0. The first-order valence-electron chi connectivity index (χ1n) is 7.05. The number of ether oxygens (including phenoxy) is 3. The van der Waals surface area contributed by atoms with Crippen molar-refractivity contribution < 1.29 is 36.2 Å². The molecule has 0 saturated carbocycles. The van der Waals surface area contributed by atoms with Crippen molar-refractivity contribution in [2.45, 2.75) is 18.9 Å². The predicted octanol–water partition coefficient (Wildman–Crippen LogP) is 4.24. The average Bonchev–Trinajstić information content (AvgIpc) is 2.59. The number of hydrogen-bond donors (Lipinski definition) is 0. The van der Waals surface area contributed by atoms with Crippen LogP contribution >= 0.6 is 0 Å². The lowest BCUT2D eigenvalue weighted by atomic mass is 10.1. The highest BCUT2D eigenvalue weighted by Gasteiger charge is 2.37. The highest BCUT2D eigenvalue weighted by molar-refractivity contribution is 5.63. The second-order valence-electron chi connectivity index (χ2n) is 5.03. The van der Waals surface area contributed by atoms with E-state index in [2.05, 4.69) is 6.58 Å². The maximum absolute atomic E-state index is 14.1. The zero-order valence-corrected chi connectivity index (χ0v) is 12.8. The zero-order chi connectivity index (χ0) is 17.9. The van der Waals surface area contributed by atoms with E-state index in [1.54, 1.807) is 6.92 Å². The summed E-state index contributed by atoms with van der Waals surface area (Å²) in [5, 5.41) is 0. The first-order valence-corrected chi connectivity index (χ1v) is 7.05. The maximum atomic E-state index is 14.1. The van der Waals surface area contributed by atoms with Gasteiger partial charge in [0.15, 0.2) is 28.9 Å². The summed E-state index contributed by atoms with van der Waals surface area (Å²) in [7, 11) is 0. The lowest BCUT2D eigenvalue weighted by molar-refractivity contribution is -0.210. The molecule has 0 radical (unpaired) electrons. The normalized spacial score (nSPS) is 25.2. The van der Waals surface area contributed by atoms with E-state index < -0.39 is 59.8 Å². The molecule has 1 fully saturated rings. The van der Waals surface area contributed by atoms with Gasteiger partial charge in [0, 0.05) is 0 Å². The molecule has 0 N–H and O–H groups in total. The van der Waals surface area contributed by atoms with Gasteiger partial charge in [-0.3, -0.25) is 0 Å². The predicted molar refractivity (Wildman–Crippen MR) is 76.4 cm³/mol. The van der Waals surface area contributed by atoms with Gasteiger partial charge in [0.2, 0.25) is 12.1 Å². The molecule has 1 heterocycles. The molecule has 0 atom stereocenters. The van der Waals surface area contributed by atoms with Gasteiger partial charge in [-0.15, -0.1) is 0 Å². The standard InChI is InChI=1S/C16H15F5O3/c1-3-16(21)7-23-15(24-8-16)14(20)12(18)9-5-6-10(22-4-2)13(19)11(9)17/h3,5-6,15H,1,4,7-8H2,2H3. The third kappa shape index (κ3) is 3.59. The van der Waals surface area contributed by atoms with Crippen LogP contribution in [0.3, 0.4) is 0 Å². The molecule has 0 spiro atoms. The number of benzene rings is 1. The molecule has 3 nitrogen and oxygen atoms in total. The summed E-state index contributed by atoms with van der Waals surface area (Å²) in [5.74, 6) is -6.81. The minimum atomic E-state index is -2.02. The summed E-state index contributed by atoms with van der Waals surface area (Å²) in [6.45, 7) is 3.64. The van der Waals surface area contributed by atoms with E-state index in [0.29, 0.717) is 0 Å². The van der Waals surface area contributed by atoms with E-state index >= 15 is 0 Å². The molecular weight excluding hydrogens is 335 g/mol. The van der Waals surface area contributed by atoms with Crippen LogP contribution in [-0.4, -0.2) is 31.8 Å². The van der Waals surface area contributed by atoms with Crippen molar-refractivity contribution in [3.63, 3.8) is 0 Å². The van der Waals surface area contributed by atoms with Gasteiger partial charge < -0.3 is 14.2 Å². The van der Waals surface area contributed by atoms with Crippen LogP contribution in [0.25, 0.3) is 5.83 Å². The van der Waals surface area contributed by atoms with Crippen LogP contribution in [0.5, 0.6) is 5.75 Å².